The number of oxazole rings is 2. The van der Waals surface area contributed by atoms with Gasteiger partial charge in [0.2, 0.25) is 11.8 Å². The lowest BCUT2D eigenvalue weighted by Crippen LogP contribution is -2.47. The minimum absolute atomic E-state index is 0.0749. The van der Waals surface area contributed by atoms with E-state index in [2.05, 4.69) is 11.0 Å². The van der Waals surface area contributed by atoms with Gasteiger partial charge in [0.1, 0.15) is 28.9 Å². The van der Waals surface area contributed by atoms with Crippen LogP contribution in [-0.4, -0.2) is 63.1 Å². The van der Waals surface area contributed by atoms with Crippen LogP contribution in [0.25, 0.3) is 56.2 Å². The first-order chi connectivity index (χ1) is 26.1. The maximum absolute atomic E-state index is 13.5. The first-order valence-corrected chi connectivity index (χ1v) is 18.2. The van der Waals surface area contributed by atoms with E-state index in [1.54, 1.807) is 11.0 Å². The largest absolute Gasteiger partial charge is 0.480 e. The number of fused-ring (bicyclic) bond motifs is 2. The first kappa shape index (κ1) is 34.1. The number of halogens is 2. The number of hydrogen-bond donors (Lipinski definition) is 1. The molecule has 9 rings (SSSR count). The molecule has 274 valence electrons. The molecule has 1 aliphatic carbocycles. The number of carbonyl (C=O) groups is 1. The molecule has 0 unspecified atom stereocenters. The summed E-state index contributed by atoms with van der Waals surface area (Å²) in [5.74, 6) is -0.265. The highest BCUT2D eigenvalue weighted by atomic mass is 19.3. The fourth-order valence-electron chi connectivity index (χ4n) is 8.42. The Morgan fingerprint density at radius 2 is 1.63 bits per heavy atom. The molecule has 2 aromatic heterocycles. The minimum Gasteiger partial charge on any atom is -0.480 e. The fraction of sp³-hybridized carbons (Fsp3) is 0.333. The number of rotatable bonds is 10. The lowest BCUT2D eigenvalue weighted by molar-refractivity contribution is -0.142. The second kappa shape index (κ2) is 13.0. The second-order valence-electron chi connectivity index (χ2n) is 15.0. The summed E-state index contributed by atoms with van der Waals surface area (Å²) in [6, 6.07) is 20.4. The minimum atomic E-state index is -3.07. The zero-order valence-electron chi connectivity index (χ0n) is 29.9. The maximum atomic E-state index is 13.5. The molecule has 1 spiro atoms. The predicted molar refractivity (Wildman–Crippen MR) is 197 cm³/mol. The lowest BCUT2D eigenvalue weighted by atomic mass is 9.91. The molecular formula is C42H37F2N5O5. The molecule has 54 heavy (non-hydrogen) atoms. The Labute approximate surface area is 309 Å². The van der Waals surface area contributed by atoms with Gasteiger partial charge in [0.05, 0.1) is 5.56 Å². The smallest absolute Gasteiger partial charge is 0.387 e. The first-order valence-electron chi connectivity index (χ1n) is 18.2. The van der Waals surface area contributed by atoms with Crippen LogP contribution in [0, 0.1) is 30.6 Å². The summed E-state index contributed by atoms with van der Waals surface area (Å²) in [6.45, 7) is 4.60. The van der Waals surface area contributed by atoms with Gasteiger partial charge >= 0.3 is 12.6 Å². The third-order valence-corrected chi connectivity index (χ3v) is 11.4. The Kier molecular flexibility index (Phi) is 8.24. The van der Waals surface area contributed by atoms with Gasteiger partial charge < -0.3 is 18.7 Å². The molecule has 1 saturated carbocycles. The molecule has 10 nitrogen and oxygen atoms in total. The normalized spacial score (nSPS) is 18.1. The van der Waals surface area contributed by atoms with Crippen molar-refractivity contribution in [1.82, 2.24) is 19.8 Å². The Morgan fingerprint density at radius 3 is 2.28 bits per heavy atom. The molecule has 12 heteroatoms. The number of nitrogens with zero attached hydrogens (tertiary/aromatic N) is 5. The van der Waals surface area contributed by atoms with E-state index in [1.807, 2.05) is 62.4 Å². The van der Waals surface area contributed by atoms with Gasteiger partial charge in [0.25, 0.3) is 0 Å². The second-order valence-corrected chi connectivity index (χ2v) is 15.0. The molecule has 0 amide bonds. The van der Waals surface area contributed by atoms with Gasteiger partial charge in [-0.3, -0.25) is 14.6 Å². The number of ether oxygens (including phenoxy) is 1. The standard InChI is InChI=1S/C42H37F2N5O5/c1-23-28(6-3-8-30(23)38-46-32-16-27(20-49-13-5-10-34(49)40(50)51)35(53-41(43)44)17-36(32)52-38)29-7-4-9-31(24(29)2)39-47-33-15-25(14-26(18-45)37(33)54-39)19-48-21-42(22-48)11-12-42/h3-4,6-9,14-17,34,41H,5,10-13,19-22H2,1-2H3,(H,50,51)/t34-/m0/s1. The summed E-state index contributed by atoms with van der Waals surface area (Å²) in [7, 11) is 0. The van der Waals surface area contributed by atoms with Crippen LogP contribution in [0.2, 0.25) is 0 Å². The SMILES string of the molecule is Cc1c(-c2nc3cc(CN4CCC[C@H]4C(=O)O)c(OC(F)F)cc3o2)cccc1-c1cccc(-c2nc3cc(CN4CC5(CC5)C4)cc(C#N)c3o2)c1C. The summed E-state index contributed by atoms with van der Waals surface area (Å²) in [5.41, 5.74) is 9.59. The Hall–Kier alpha value is -5.64. The number of aliphatic carboxylic acids is 1. The maximum Gasteiger partial charge on any atom is 0.387 e. The van der Waals surface area contributed by atoms with Crippen LogP contribution >= 0.6 is 0 Å². The summed E-state index contributed by atoms with van der Waals surface area (Å²) >= 11 is 0. The molecule has 3 fully saturated rings. The molecular weight excluding hydrogens is 692 g/mol. The van der Waals surface area contributed by atoms with Crippen molar-refractivity contribution >= 4 is 28.2 Å². The van der Waals surface area contributed by atoms with E-state index < -0.39 is 18.6 Å². The van der Waals surface area contributed by atoms with E-state index in [4.69, 9.17) is 23.5 Å². The van der Waals surface area contributed by atoms with Crippen molar-refractivity contribution < 1.29 is 32.3 Å². The summed E-state index contributed by atoms with van der Waals surface area (Å²) in [4.78, 5) is 25.6. The van der Waals surface area contributed by atoms with Crippen LogP contribution in [0.4, 0.5) is 8.78 Å². The van der Waals surface area contributed by atoms with Gasteiger partial charge in [0.15, 0.2) is 11.2 Å². The van der Waals surface area contributed by atoms with E-state index >= 15 is 0 Å². The van der Waals surface area contributed by atoms with Gasteiger partial charge in [-0.2, -0.15) is 14.0 Å². The van der Waals surface area contributed by atoms with Gasteiger partial charge in [0, 0.05) is 48.9 Å². The molecule has 6 aromatic rings. The molecule has 0 radical (unpaired) electrons. The third-order valence-electron chi connectivity index (χ3n) is 11.4. The number of hydrogen-bond acceptors (Lipinski definition) is 9. The van der Waals surface area contributed by atoms with Gasteiger partial charge in [-0.15, -0.1) is 0 Å². The highest BCUT2D eigenvalue weighted by Gasteiger charge is 2.51. The van der Waals surface area contributed by atoms with Gasteiger partial charge in [-0.25, -0.2) is 9.97 Å². The van der Waals surface area contributed by atoms with Crippen molar-refractivity contribution in [2.24, 2.45) is 5.41 Å². The molecule has 2 saturated heterocycles. The van der Waals surface area contributed by atoms with E-state index in [1.165, 1.54) is 18.9 Å². The number of carboxylic acid groups (broad SMARTS) is 1. The Morgan fingerprint density at radius 1 is 0.963 bits per heavy atom. The van der Waals surface area contributed by atoms with Crippen molar-refractivity contribution in [3.63, 3.8) is 0 Å². The number of nitriles is 1. The monoisotopic (exact) mass is 729 g/mol. The number of likely N-dealkylation sites (tertiary alicyclic amines) is 2. The molecule has 1 N–H and O–H groups in total. The third kappa shape index (κ3) is 6.07. The topological polar surface area (TPSA) is 129 Å². The van der Waals surface area contributed by atoms with E-state index in [0.29, 0.717) is 64.3 Å². The zero-order valence-corrected chi connectivity index (χ0v) is 29.9. The van der Waals surface area contributed by atoms with Crippen molar-refractivity contribution in [2.75, 3.05) is 19.6 Å². The molecule has 4 aromatic carbocycles. The summed E-state index contributed by atoms with van der Waals surface area (Å²) < 4.78 is 44.3. The molecule has 2 aliphatic heterocycles. The van der Waals surface area contributed by atoms with E-state index in [-0.39, 0.29) is 17.9 Å². The van der Waals surface area contributed by atoms with Crippen LogP contribution in [-0.2, 0) is 17.9 Å². The number of benzene rings is 4. The van der Waals surface area contributed by atoms with Crippen molar-refractivity contribution in [2.45, 2.75) is 65.3 Å². The van der Waals surface area contributed by atoms with Crippen LogP contribution in [0.1, 0.15) is 53.5 Å². The number of aromatic nitrogens is 2. The summed E-state index contributed by atoms with van der Waals surface area (Å²) in [6.07, 6.45) is 3.83. The average Bonchev–Trinajstić information content (AvgIpc) is 3.42. The molecule has 4 heterocycles. The highest BCUT2D eigenvalue weighted by Crippen LogP contribution is 2.53. The highest BCUT2D eigenvalue weighted by molar-refractivity contribution is 5.86. The van der Waals surface area contributed by atoms with Gasteiger partial charge in [-0.1, -0.05) is 24.3 Å². The van der Waals surface area contributed by atoms with Crippen molar-refractivity contribution in [3.05, 3.63) is 88.5 Å². The Bertz CT molecular complexity index is 2510. The molecule has 0 bridgehead atoms. The lowest BCUT2D eigenvalue weighted by Gasteiger charge is -2.40. The van der Waals surface area contributed by atoms with Crippen molar-refractivity contribution in [3.8, 4) is 45.9 Å². The Balaban J connectivity index is 1.04. The fourth-order valence-corrected chi connectivity index (χ4v) is 8.42. The van der Waals surface area contributed by atoms with Crippen LogP contribution < -0.4 is 4.74 Å². The summed E-state index contributed by atoms with van der Waals surface area (Å²) in [5, 5.41) is 19.7. The predicted octanol–water partition coefficient (Wildman–Crippen LogP) is 8.70. The van der Waals surface area contributed by atoms with Crippen LogP contribution in [0.5, 0.6) is 5.75 Å². The molecule has 3 aliphatic rings. The van der Waals surface area contributed by atoms with E-state index in [9.17, 15) is 23.9 Å². The van der Waals surface area contributed by atoms with E-state index in [0.717, 1.165) is 58.6 Å². The number of carboxylic acids is 1. The van der Waals surface area contributed by atoms with Crippen LogP contribution in [0.3, 0.4) is 0 Å². The average molecular weight is 730 g/mol. The zero-order chi connectivity index (χ0) is 37.3. The number of alkyl halides is 2. The van der Waals surface area contributed by atoms with Crippen LogP contribution in [0.15, 0.2) is 69.5 Å². The quantitative estimate of drug-likeness (QED) is 0.146. The van der Waals surface area contributed by atoms with Gasteiger partial charge in [-0.05, 0) is 110 Å². The van der Waals surface area contributed by atoms with Crippen molar-refractivity contribution in [1.29, 1.82) is 5.26 Å². The molecule has 1 atom stereocenters.